The van der Waals surface area contributed by atoms with Gasteiger partial charge in [0, 0.05) is 44.6 Å². The zero-order valence-corrected chi connectivity index (χ0v) is 29.4. The second kappa shape index (κ2) is 16.0. The van der Waals surface area contributed by atoms with E-state index in [0.717, 1.165) is 62.3 Å². The average Bonchev–Trinajstić information content (AvgIpc) is 2.98. The third kappa shape index (κ3) is 9.01. The van der Waals surface area contributed by atoms with Crippen molar-refractivity contribution >= 4 is 12.0 Å². The molecule has 51 heavy (non-hydrogen) atoms. The molecule has 2 spiro atoms. The van der Waals surface area contributed by atoms with E-state index in [0.29, 0.717) is 18.9 Å². The quantitative estimate of drug-likeness (QED) is 0.132. The maximum atomic E-state index is 13.9. The monoisotopic (exact) mass is 801 g/mol. The van der Waals surface area contributed by atoms with Crippen LogP contribution in [0.1, 0.15) is 72.9 Å². The molecule has 276 valence electrons. The van der Waals surface area contributed by atoms with Crippen LogP contribution < -0.4 is 26.3 Å². The zero-order chi connectivity index (χ0) is 34.9. The summed E-state index contributed by atoms with van der Waals surface area (Å²) in [6.45, 7) is 0.227. The second-order valence-electron chi connectivity index (χ2n) is 13.8. The van der Waals surface area contributed by atoms with Gasteiger partial charge in [0.25, 0.3) is 5.91 Å². The number of nitriles is 1. The third-order valence-corrected chi connectivity index (χ3v) is 9.90. The van der Waals surface area contributed by atoms with E-state index in [1.54, 1.807) is 6.07 Å². The molecule has 4 saturated carbocycles. The molecule has 0 bridgehead atoms. The normalized spacial score (nSPS) is 26.4. The molecule has 14 heteroatoms. The van der Waals surface area contributed by atoms with Gasteiger partial charge in [-0.15, -0.1) is 0 Å². The summed E-state index contributed by atoms with van der Waals surface area (Å²) < 4.78 is 70.4. The standard InChI is InChI=1S/C22H20F2N2O3.C14H16F2N2O2.CH3.Pd/c23-16-6-15(12-25)20(19(24)7-16)29-18-10-22(11-18)8-17(9-22)26-21(27)28-13-14-4-2-1-3-5-14;15-7-1-10(13(18)19)12(11(16)2-7)20-9-5-14(6-9)3-8(17)4-14;;/h1-7,17-18H,8-11,13H2,(H,26,27);1-2,8-9H,3-6,17H2,(H2,18,19);1H3;/q;;-1;. The molecule has 9 nitrogen and oxygen atoms in total. The van der Waals surface area contributed by atoms with Gasteiger partial charge >= 0.3 is 6.09 Å². The minimum atomic E-state index is -0.905. The summed E-state index contributed by atoms with van der Waals surface area (Å²) in [6.07, 6.45) is 5.72. The van der Waals surface area contributed by atoms with Gasteiger partial charge < -0.3 is 38.4 Å². The van der Waals surface area contributed by atoms with Gasteiger partial charge in [0.2, 0.25) is 0 Å². The number of nitrogens with zero attached hydrogens (tertiary/aromatic N) is 1. The first kappa shape index (κ1) is 39.6. The molecule has 4 aliphatic carbocycles. The Morgan fingerprint density at radius 3 is 1.90 bits per heavy atom. The van der Waals surface area contributed by atoms with Crippen molar-refractivity contribution in [2.75, 3.05) is 0 Å². The van der Waals surface area contributed by atoms with Crippen LogP contribution in [0, 0.1) is 52.9 Å². The summed E-state index contributed by atoms with van der Waals surface area (Å²) in [4.78, 5) is 23.2. The third-order valence-electron chi connectivity index (χ3n) is 9.90. The number of ether oxygens (including phenoxy) is 3. The van der Waals surface area contributed by atoms with Crippen molar-refractivity contribution < 1.29 is 61.8 Å². The molecule has 3 aromatic carbocycles. The molecular formula is C37H39F4N4O5Pd-. The molecule has 0 radical (unpaired) electrons. The average molecular weight is 802 g/mol. The van der Waals surface area contributed by atoms with Crippen molar-refractivity contribution in [3.05, 3.63) is 102 Å². The van der Waals surface area contributed by atoms with E-state index >= 15 is 0 Å². The minimum Gasteiger partial charge on any atom is -0.486 e. The van der Waals surface area contributed by atoms with Gasteiger partial charge in [-0.1, -0.05) is 30.3 Å². The molecule has 0 aliphatic heterocycles. The fourth-order valence-electron chi connectivity index (χ4n) is 7.68. The summed E-state index contributed by atoms with van der Waals surface area (Å²) >= 11 is 0. The van der Waals surface area contributed by atoms with Gasteiger partial charge in [0.15, 0.2) is 23.1 Å². The molecule has 0 atom stereocenters. The van der Waals surface area contributed by atoms with Crippen molar-refractivity contribution in [3.8, 4) is 17.6 Å². The summed E-state index contributed by atoms with van der Waals surface area (Å²) in [7, 11) is 0. The SMILES string of the molecule is N#Cc1cc(F)cc(F)c1OC1CC2(CC(NC(=O)OCc3ccccc3)C2)C1.NC(=O)c1cc(F)cc(F)c1OC1CC2(CC(N)C2)C1.[CH3-].[Pd]. The van der Waals surface area contributed by atoms with Crippen LogP contribution in [0.3, 0.4) is 0 Å². The molecule has 5 N–H and O–H groups in total. The molecule has 3 aromatic rings. The molecule has 0 aromatic heterocycles. The van der Waals surface area contributed by atoms with Crippen LogP contribution in [-0.4, -0.2) is 36.3 Å². The first-order valence-corrected chi connectivity index (χ1v) is 16.1. The van der Waals surface area contributed by atoms with Gasteiger partial charge in [-0.3, -0.25) is 4.79 Å². The number of benzene rings is 3. The summed E-state index contributed by atoms with van der Waals surface area (Å²) in [6, 6.07) is 14.8. The van der Waals surface area contributed by atoms with Gasteiger partial charge in [-0.2, -0.15) is 5.26 Å². The number of hydrogen-bond acceptors (Lipinski definition) is 7. The van der Waals surface area contributed by atoms with E-state index in [-0.39, 0.29) is 92.2 Å². The van der Waals surface area contributed by atoms with Crippen molar-refractivity contribution in [3.63, 3.8) is 0 Å². The summed E-state index contributed by atoms with van der Waals surface area (Å²) in [5.74, 6) is -4.75. The number of amides is 2. The van der Waals surface area contributed by atoms with Crippen LogP contribution in [0.2, 0.25) is 0 Å². The fourth-order valence-corrected chi connectivity index (χ4v) is 7.68. The number of carbonyl (C=O) groups excluding carboxylic acids is 2. The van der Waals surface area contributed by atoms with Crippen molar-refractivity contribution in [2.45, 2.75) is 82.3 Å². The Labute approximate surface area is 307 Å². The number of rotatable bonds is 8. The van der Waals surface area contributed by atoms with Crippen LogP contribution in [0.5, 0.6) is 11.5 Å². The maximum Gasteiger partial charge on any atom is 0.407 e. The van der Waals surface area contributed by atoms with E-state index in [1.807, 2.05) is 30.3 Å². The van der Waals surface area contributed by atoms with Gasteiger partial charge in [-0.05, 0) is 79.9 Å². The number of alkyl carbamates (subject to hydrolysis) is 1. The number of carbonyl (C=O) groups is 2. The molecule has 4 aliphatic rings. The summed E-state index contributed by atoms with van der Waals surface area (Å²) in [5, 5.41) is 11.9. The van der Waals surface area contributed by atoms with Crippen molar-refractivity contribution in [2.24, 2.45) is 22.3 Å². The fraction of sp³-hybridized carbons (Fsp3) is 0.405. The van der Waals surface area contributed by atoms with Gasteiger partial charge in [-0.25, -0.2) is 22.4 Å². The van der Waals surface area contributed by atoms with E-state index in [4.69, 9.17) is 30.9 Å². The Morgan fingerprint density at radius 1 is 0.824 bits per heavy atom. The van der Waals surface area contributed by atoms with E-state index in [1.165, 1.54) is 0 Å². The Balaban J connectivity index is 0.000000234. The Morgan fingerprint density at radius 2 is 1.35 bits per heavy atom. The van der Waals surface area contributed by atoms with Crippen LogP contribution >= 0.6 is 0 Å². The second-order valence-corrected chi connectivity index (χ2v) is 13.8. The van der Waals surface area contributed by atoms with Crippen molar-refractivity contribution in [1.82, 2.24) is 5.32 Å². The Bertz CT molecular complexity index is 1760. The Kier molecular flexibility index (Phi) is 12.4. The molecular weight excluding hydrogens is 763 g/mol. The zero-order valence-electron chi connectivity index (χ0n) is 27.8. The van der Waals surface area contributed by atoms with E-state index in [2.05, 4.69) is 5.32 Å². The summed E-state index contributed by atoms with van der Waals surface area (Å²) in [5.41, 5.74) is 11.7. The number of nitrogens with two attached hydrogens (primary N) is 2. The smallest absolute Gasteiger partial charge is 0.407 e. The predicted octanol–water partition coefficient (Wildman–Crippen LogP) is 6.61. The maximum absolute atomic E-state index is 13.9. The van der Waals surface area contributed by atoms with E-state index in [9.17, 15) is 27.2 Å². The van der Waals surface area contributed by atoms with Crippen LogP contribution in [0.4, 0.5) is 22.4 Å². The predicted molar refractivity (Wildman–Crippen MR) is 175 cm³/mol. The molecule has 0 unspecified atom stereocenters. The first-order valence-electron chi connectivity index (χ1n) is 16.1. The Hall–Kier alpha value is -4.17. The number of halogens is 4. The van der Waals surface area contributed by atoms with Crippen LogP contribution in [0.15, 0.2) is 54.6 Å². The van der Waals surface area contributed by atoms with Gasteiger partial charge in [0.1, 0.15) is 30.4 Å². The number of primary amides is 1. The van der Waals surface area contributed by atoms with Gasteiger partial charge in [0.05, 0.1) is 17.2 Å². The number of hydrogen-bond donors (Lipinski definition) is 3. The minimum absolute atomic E-state index is 0. The largest absolute Gasteiger partial charge is 0.486 e. The topological polar surface area (TPSA) is 150 Å². The first-order chi connectivity index (χ1) is 23.3. The van der Waals surface area contributed by atoms with Crippen molar-refractivity contribution in [1.29, 1.82) is 5.26 Å². The molecule has 0 heterocycles. The van der Waals surface area contributed by atoms with E-state index < -0.39 is 35.3 Å². The van der Waals surface area contributed by atoms with Crippen LogP contribution in [0.25, 0.3) is 0 Å². The molecule has 0 saturated heterocycles. The number of nitrogens with one attached hydrogen (secondary N) is 1. The molecule has 2 amide bonds. The molecule has 4 fully saturated rings. The molecule has 7 rings (SSSR count). The van der Waals surface area contributed by atoms with Crippen LogP contribution in [-0.2, 0) is 31.8 Å².